The van der Waals surface area contributed by atoms with Crippen LogP contribution in [0.4, 0.5) is 5.82 Å². The number of aliphatic hydroxyl groups excluding tert-OH is 1. The van der Waals surface area contributed by atoms with E-state index in [1.807, 2.05) is 11.8 Å². The Hall–Kier alpha value is -0.910. The molecule has 1 aromatic heterocycles. The molecule has 0 amide bonds. The van der Waals surface area contributed by atoms with Crippen LogP contribution in [0, 0.1) is 6.92 Å². The van der Waals surface area contributed by atoms with Gasteiger partial charge in [-0.15, -0.1) is 0 Å². The van der Waals surface area contributed by atoms with Gasteiger partial charge < -0.3 is 14.7 Å². The van der Waals surface area contributed by atoms with Crippen molar-refractivity contribution in [2.75, 3.05) is 24.6 Å². The van der Waals surface area contributed by atoms with Gasteiger partial charge in [-0.1, -0.05) is 11.6 Å². The van der Waals surface area contributed by atoms with Gasteiger partial charge in [-0.3, -0.25) is 0 Å². The van der Waals surface area contributed by atoms with Crippen LogP contribution >= 0.6 is 11.6 Å². The molecule has 2 rings (SSSR count). The van der Waals surface area contributed by atoms with Crippen molar-refractivity contribution in [2.45, 2.75) is 26.1 Å². The highest BCUT2D eigenvalue weighted by molar-refractivity contribution is 6.29. The molecule has 0 aromatic carbocycles. The molecule has 94 valence electrons. The van der Waals surface area contributed by atoms with E-state index in [1.54, 1.807) is 13.0 Å². The van der Waals surface area contributed by atoms with Crippen LogP contribution in [0.25, 0.3) is 0 Å². The number of halogens is 1. The van der Waals surface area contributed by atoms with Gasteiger partial charge in [0.15, 0.2) is 0 Å². The molecule has 0 radical (unpaired) electrons. The second kappa shape index (κ2) is 5.16. The normalized spacial score (nSPS) is 24.4. The second-order valence-electron chi connectivity index (χ2n) is 4.06. The van der Waals surface area contributed by atoms with Crippen molar-refractivity contribution in [3.05, 3.63) is 17.0 Å². The molecule has 6 heteroatoms. The van der Waals surface area contributed by atoms with Gasteiger partial charge in [-0.2, -0.15) is 0 Å². The van der Waals surface area contributed by atoms with Crippen LogP contribution in [0.15, 0.2) is 6.07 Å². The van der Waals surface area contributed by atoms with Crippen LogP contribution in [0.3, 0.4) is 0 Å². The van der Waals surface area contributed by atoms with Crippen molar-refractivity contribution in [1.82, 2.24) is 9.97 Å². The average Bonchev–Trinajstić information content (AvgIpc) is 2.60. The van der Waals surface area contributed by atoms with Crippen LogP contribution in [-0.2, 0) is 4.74 Å². The molecule has 1 fully saturated rings. The molecule has 2 heterocycles. The lowest BCUT2D eigenvalue weighted by atomic mass is 10.3. The quantitative estimate of drug-likeness (QED) is 0.820. The third kappa shape index (κ3) is 2.86. The predicted molar refractivity (Wildman–Crippen MR) is 65.4 cm³/mol. The van der Waals surface area contributed by atoms with Gasteiger partial charge in [0.25, 0.3) is 0 Å². The number of nitrogens with zero attached hydrogens (tertiary/aromatic N) is 3. The largest absolute Gasteiger partial charge is 0.388 e. The topological polar surface area (TPSA) is 58.5 Å². The molecule has 0 spiro atoms. The first-order valence-corrected chi connectivity index (χ1v) is 6.03. The Morgan fingerprint density at radius 2 is 2.29 bits per heavy atom. The van der Waals surface area contributed by atoms with Crippen LogP contribution < -0.4 is 4.90 Å². The van der Waals surface area contributed by atoms with E-state index in [1.165, 1.54) is 0 Å². The minimum absolute atomic E-state index is 0.158. The minimum atomic E-state index is -0.482. The molecule has 0 aliphatic carbocycles. The fourth-order valence-electron chi connectivity index (χ4n) is 2.00. The molecule has 5 nitrogen and oxygen atoms in total. The lowest BCUT2D eigenvalue weighted by Crippen LogP contribution is -2.26. The molecule has 1 saturated heterocycles. The van der Waals surface area contributed by atoms with E-state index in [4.69, 9.17) is 16.3 Å². The van der Waals surface area contributed by atoms with Crippen molar-refractivity contribution in [2.24, 2.45) is 0 Å². The number of aromatic nitrogens is 2. The number of aliphatic hydroxyl groups is 1. The summed E-state index contributed by atoms with van der Waals surface area (Å²) in [5.41, 5.74) is 0. The molecule has 2 atom stereocenters. The fourth-order valence-corrected chi connectivity index (χ4v) is 2.22. The molecular weight excluding hydrogens is 242 g/mol. The Morgan fingerprint density at radius 3 is 2.94 bits per heavy atom. The standard InChI is InChI=1S/C11H16ClN3O2/c1-3-17-9-6-15(5-8(9)16)11-4-10(12)13-7(2)14-11/h4,8-9,16H,3,5-6H2,1-2H3/t8-,9-/m1/s1. The number of ether oxygens (including phenoxy) is 1. The zero-order valence-corrected chi connectivity index (χ0v) is 10.7. The van der Waals surface area contributed by atoms with Crippen LogP contribution in [0.2, 0.25) is 5.15 Å². The minimum Gasteiger partial charge on any atom is -0.388 e. The first kappa shape index (κ1) is 12.5. The second-order valence-corrected chi connectivity index (χ2v) is 4.45. The number of β-amino-alcohol motifs (C(OH)–C–C–N with tert-alkyl or cyclic N) is 1. The van der Waals surface area contributed by atoms with Crippen molar-refractivity contribution < 1.29 is 9.84 Å². The van der Waals surface area contributed by atoms with E-state index in [0.717, 1.165) is 5.82 Å². The Morgan fingerprint density at radius 1 is 1.53 bits per heavy atom. The highest BCUT2D eigenvalue weighted by Crippen LogP contribution is 2.22. The summed E-state index contributed by atoms with van der Waals surface area (Å²) in [6.45, 7) is 5.45. The number of aryl methyl sites for hydroxylation is 1. The van der Waals surface area contributed by atoms with Crippen molar-refractivity contribution in [1.29, 1.82) is 0 Å². The number of rotatable bonds is 3. The molecule has 1 N–H and O–H groups in total. The van der Waals surface area contributed by atoms with Crippen molar-refractivity contribution in [3.63, 3.8) is 0 Å². The van der Waals surface area contributed by atoms with E-state index in [-0.39, 0.29) is 6.10 Å². The maximum absolute atomic E-state index is 9.85. The first-order valence-electron chi connectivity index (χ1n) is 5.66. The SMILES string of the molecule is CCO[C@@H]1CN(c2cc(Cl)nc(C)n2)C[C@H]1O. The summed E-state index contributed by atoms with van der Waals surface area (Å²) in [6, 6.07) is 1.70. The Balaban J connectivity index is 2.13. The molecule has 1 aromatic rings. The maximum Gasteiger partial charge on any atom is 0.134 e. The summed E-state index contributed by atoms with van der Waals surface area (Å²) in [5.74, 6) is 1.37. The lowest BCUT2D eigenvalue weighted by Gasteiger charge is -2.17. The fraction of sp³-hybridized carbons (Fsp3) is 0.636. The molecule has 0 unspecified atom stereocenters. The number of hydrogen-bond acceptors (Lipinski definition) is 5. The molecule has 0 bridgehead atoms. The smallest absolute Gasteiger partial charge is 0.134 e. The van der Waals surface area contributed by atoms with Gasteiger partial charge in [0.2, 0.25) is 0 Å². The van der Waals surface area contributed by atoms with E-state index in [9.17, 15) is 5.11 Å². The third-order valence-corrected chi connectivity index (χ3v) is 2.93. The zero-order valence-electron chi connectivity index (χ0n) is 9.93. The monoisotopic (exact) mass is 257 g/mol. The third-order valence-electron chi connectivity index (χ3n) is 2.73. The number of anilines is 1. The average molecular weight is 258 g/mol. The highest BCUT2D eigenvalue weighted by Gasteiger charge is 2.32. The van der Waals surface area contributed by atoms with Gasteiger partial charge in [-0.25, -0.2) is 9.97 Å². The van der Waals surface area contributed by atoms with Gasteiger partial charge in [0.1, 0.15) is 22.9 Å². The summed E-state index contributed by atoms with van der Waals surface area (Å²) in [5, 5.41) is 10.3. The van der Waals surface area contributed by atoms with Gasteiger partial charge in [-0.05, 0) is 13.8 Å². The first-order chi connectivity index (χ1) is 8.10. The number of hydrogen-bond donors (Lipinski definition) is 1. The highest BCUT2D eigenvalue weighted by atomic mass is 35.5. The predicted octanol–water partition coefficient (Wildman–Crippen LogP) is 1.02. The van der Waals surface area contributed by atoms with Gasteiger partial charge >= 0.3 is 0 Å². The summed E-state index contributed by atoms with van der Waals surface area (Å²) in [7, 11) is 0. The van der Waals surface area contributed by atoms with Gasteiger partial charge in [0, 0.05) is 25.8 Å². The summed E-state index contributed by atoms with van der Waals surface area (Å²) >= 11 is 5.89. The summed E-state index contributed by atoms with van der Waals surface area (Å²) < 4.78 is 5.46. The zero-order chi connectivity index (χ0) is 12.4. The molecule has 1 aliphatic heterocycles. The maximum atomic E-state index is 9.85. The summed E-state index contributed by atoms with van der Waals surface area (Å²) in [4.78, 5) is 10.3. The van der Waals surface area contributed by atoms with Crippen LogP contribution in [-0.4, -0.2) is 47.0 Å². The van der Waals surface area contributed by atoms with E-state index < -0.39 is 6.10 Å². The Kier molecular flexibility index (Phi) is 3.81. The van der Waals surface area contributed by atoms with E-state index in [2.05, 4.69) is 9.97 Å². The Bertz CT molecular complexity index is 382. The molecule has 0 saturated carbocycles. The van der Waals surface area contributed by atoms with E-state index >= 15 is 0 Å². The van der Waals surface area contributed by atoms with Crippen LogP contribution in [0.1, 0.15) is 12.7 Å². The molecule has 1 aliphatic rings. The van der Waals surface area contributed by atoms with E-state index in [0.29, 0.717) is 30.7 Å². The lowest BCUT2D eigenvalue weighted by molar-refractivity contribution is -0.00189. The molecule has 17 heavy (non-hydrogen) atoms. The van der Waals surface area contributed by atoms with Crippen LogP contribution in [0.5, 0.6) is 0 Å². The van der Waals surface area contributed by atoms with Gasteiger partial charge in [0.05, 0.1) is 6.10 Å². The summed E-state index contributed by atoms with van der Waals surface area (Å²) in [6.07, 6.45) is -0.641. The molecular formula is C11H16ClN3O2. The van der Waals surface area contributed by atoms with Crippen molar-refractivity contribution >= 4 is 17.4 Å². The van der Waals surface area contributed by atoms with Crippen molar-refractivity contribution in [3.8, 4) is 0 Å². The Labute approximate surface area is 105 Å².